The van der Waals surface area contributed by atoms with E-state index in [1.807, 2.05) is 6.92 Å². The molecule has 0 fully saturated rings. The molecule has 0 unspecified atom stereocenters. The van der Waals surface area contributed by atoms with Gasteiger partial charge in [0.05, 0.1) is 0 Å². The van der Waals surface area contributed by atoms with Crippen LogP contribution in [0.25, 0.3) is 0 Å². The minimum Gasteiger partial charge on any atom is -0.309 e. The molecule has 0 saturated heterocycles. The molecule has 0 rings (SSSR count). The monoisotopic (exact) mass is 146 g/mol. The Balaban J connectivity index is 3.32. The van der Waals surface area contributed by atoms with Crippen LogP contribution in [0.5, 0.6) is 0 Å². The van der Waals surface area contributed by atoms with Crippen LogP contribution in [0, 0.1) is 11.5 Å². The summed E-state index contributed by atoms with van der Waals surface area (Å²) in [4.78, 5) is 1.66. The molecule has 0 radical (unpaired) electrons. The Bertz CT molecular complexity index is 91.7. The normalized spacial score (nSPS) is 8.56. The lowest BCUT2D eigenvalue weighted by Crippen LogP contribution is -2.20. The standard InChI is InChI=1S/C6H11ClN2/c1-2-4-9(6-8)5-3-7/h2-5H2,1H3. The third kappa shape index (κ3) is 4.11. The number of halogens is 1. The van der Waals surface area contributed by atoms with Gasteiger partial charge >= 0.3 is 0 Å². The molecule has 9 heavy (non-hydrogen) atoms. The summed E-state index contributed by atoms with van der Waals surface area (Å²) in [5.74, 6) is 0.535. The molecule has 0 aromatic heterocycles. The molecule has 2 nitrogen and oxygen atoms in total. The summed E-state index contributed by atoms with van der Waals surface area (Å²) in [6.07, 6.45) is 3.06. The summed E-state index contributed by atoms with van der Waals surface area (Å²) >= 11 is 5.42. The van der Waals surface area contributed by atoms with Crippen LogP contribution in [0.4, 0.5) is 0 Å². The fourth-order valence-corrected chi connectivity index (χ4v) is 0.788. The van der Waals surface area contributed by atoms with Crippen molar-refractivity contribution in [2.75, 3.05) is 19.0 Å². The minimum atomic E-state index is 0.535. The van der Waals surface area contributed by atoms with Crippen LogP contribution in [-0.4, -0.2) is 23.9 Å². The van der Waals surface area contributed by atoms with Gasteiger partial charge < -0.3 is 4.90 Å². The van der Waals surface area contributed by atoms with Crippen molar-refractivity contribution in [3.05, 3.63) is 0 Å². The smallest absolute Gasteiger partial charge is 0.179 e. The van der Waals surface area contributed by atoms with E-state index in [2.05, 4.69) is 6.19 Å². The zero-order valence-corrected chi connectivity index (χ0v) is 6.36. The lowest BCUT2D eigenvalue weighted by Gasteiger charge is -2.10. The molecule has 0 amide bonds. The Labute approximate surface area is 61.0 Å². The molecule has 0 bridgehead atoms. The Hall–Kier alpha value is -0.420. The molecule has 0 atom stereocenters. The SMILES string of the molecule is CCCN(C#N)CCCl. The van der Waals surface area contributed by atoms with Crippen LogP contribution < -0.4 is 0 Å². The molecule has 0 aromatic rings. The van der Waals surface area contributed by atoms with Gasteiger partial charge in [0.2, 0.25) is 0 Å². The number of hydrogen-bond donors (Lipinski definition) is 0. The van der Waals surface area contributed by atoms with Crippen molar-refractivity contribution in [2.24, 2.45) is 0 Å². The zero-order valence-electron chi connectivity index (χ0n) is 5.60. The predicted molar refractivity (Wildman–Crippen MR) is 38.2 cm³/mol. The summed E-state index contributed by atoms with van der Waals surface area (Å²) in [5.41, 5.74) is 0. The number of alkyl halides is 1. The van der Waals surface area contributed by atoms with Crippen molar-refractivity contribution in [3.8, 4) is 6.19 Å². The molecule has 0 aliphatic heterocycles. The van der Waals surface area contributed by atoms with Gasteiger partial charge in [0.1, 0.15) is 0 Å². The maximum Gasteiger partial charge on any atom is 0.179 e. The molecule has 0 N–H and O–H groups in total. The lowest BCUT2D eigenvalue weighted by molar-refractivity contribution is 0.414. The largest absolute Gasteiger partial charge is 0.309 e. The molecule has 0 heterocycles. The first-order valence-corrected chi connectivity index (χ1v) is 3.59. The van der Waals surface area contributed by atoms with E-state index in [0.717, 1.165) is 13.0 Å². The van der Waals surface area contributed by atoms with Crippen LogP contribution in [0.15, 0.2) is 0 Å². The molecular weight excluding hydrogens is 136 g/mol. The third-order valence-electron chi connectivity index (χ3n) is 0.989. The second kappa shape index (κ2) is 5.71. The molecule has 0 aliphatic carbocycles. The predicted octanol–water partition coefficient (Wildman–Crippen LogP) is 1.42. The fourth-order valence-electron chi connectivity index (χ4n) is 0.584. The van der Waals surface area contributed by atoms with Crippen LogP contribution in [-0.2, 0) is 0 Å². The first-order valence-electron chi connectivity index (χ1n) is 3.05. The van der Waals surface area contributed by atoms with E-state index in [0.29, 0.717) is 12.4 Å². The van der Waals surface area contributed by atoms with Crippen molar-refractivity contribution >= 4 is 11.6 Å². The zero-order chi connectivity index (χ0) is 7.11. The van der Waals surface area contributed by atoms with Crippen LogP contribution >= 0.6 is 11.6 Å². The number of rotatable bonds is 4. The fraction of sp³-hybridized carbons (Fsp3) is 0.833. The van der Waals surface area contributed by atoms with Gasteiger partial charge in [-0.3, -0.25) is 0 Å². The maximum absolute atomic E-state index is 8.41. The van der Waals surface area contributed by atoms with Gasteiger partial charge in [-0.05, 0) is 6.42 Å². The highest BCUT2D eigenvalue weighted by atomic mass is 35.5. The van der Waals surface area contributed by atoms with Crippen molar-refractivity contribution in [1.82, 2.24) is 4.90 Å². The summed E-state index contributed by atoms with van der Waals surface area (Å²) in [6.45, 7) is 3.54. The Morgan fingerprint density at radius 2 is 2.22 bits per heavy atom. The third-order valence-corrected chi connectivity index (χ3v) is 1.16. The van der Waals surface area contributed by atoms with E-state index in [4.69, 9.17) is 16.9 Å². The Morgan fingerprint density at radius 3 is 2.56 bits per heavy atom. The average Bonchev–Trinajstić information content (AvgIpc) is 1.88. The van der Waals surface area contributed by atoms with E-state index in [1.54, 1.807) is 4.90 Å². The van der Waals surface area contributed by atoms with Gasteiger partial charge in [-0.25, -0.2) is 0 Å². The molecule has 52 valence electrons. The van der Waals surface area contributed by atoms with Gasteiger partial charge in [0, 0.05) is 19.0 Å². The highest BCUT2D eigenvalue weighted by molar-refractivity contribution is 6.18. The van der Waals surface area contributed by atoms with E-state index < -0.39 is 0 Å². The lowest BCUT2D eigenvalue weighted by atomic mass is 10.4. The topological polar surface area (TPSA) is 27.0 Å². The van der Waals surface area contributed by atoms with Crippen LogP contribution in [0.3, 0.4) is 0 Å². The van der Waals surface area contributed by atoms with Crippen molar-refractivity contribution < 1.29 is 0 Å². The van der Waals surface area contributed by atoms with E-state index in [1.165, 1.54) is 0 Å². The van der Waals surface area contributed by atoms with E-state index >= 15 is 0 Å². The van der Waals surface area contributed by atoms with Gasteiger partial charge in [0.25, 0.3) is 0 Å². The van der Waals surface area contributed by atoms with Gasteiger partial charge in [-0.2, -0.15) is 5.26 Å². The molecule has 3 heteroatoms. The Morgan fingerprint density at radius 1 is 1.56 bits per heavy atom. The second-order valence-electron chi connectivity index (χ2n) is 1.78. The van der Waals surface area contributed by atoms with Crippen molar-refractivity contribution in [2.45, 2.75) is 13.3 Å². The first kappa shape index (κ1) is 8.58. The maximum atomic E-state index is 8.41. The van der Waals surface area contributed by atoms with Crippen molar-refractivity contribution in [1.29, 1.82) is 5.26 Å². The summed E-state index contributed by atoms with van der Waals surface area (Å²) in [5, 5.41) is 8.41. The number of hydrogen-bond acceptors (Lipinski definition) is 2. The first-order chi connectivity index (χ1) is 4.35. The average molecular weight is 147 g/mol. The van der Waals surface area contributed by atoms with Gasteiger partial charge in [0.15, 0.2) is 6.19 Å². The second-order valence-corrected chi connectivity index (χ2v) is 2.15. The van der Waals surface area contributed by atoms with Gasteiger partial charge in [-0.15, -0.1) is 11.6 Å². The number of nitriles is 1. The van der Waals surface area contributed by atoms with Gasteiger partial charge in [-0.1, -0.05) is 6.92 Å². The van der Waals surface area contributed by atoms with Crippen molar-refractivity contribution in [3.63, 3.8) is 0 Å². The van der Waals surface area contributed by atoms with Crippen LogP contribution in [0.1, 0.15) is 13.3 Å². The molecule has 0 saturated carbocycles. The highest BCUT2D eigenvalue weighted by Gasteiger charge is 1.95. The summed E-state index contributed by atoms with van der Waals surface area (Å²) in [6, 6.07) is 0. The quantitative estimate of drug-likeness (QED) is 0.341. The molecule has 0 aromatic carbocycles. The summed E-state index contributed by atoms with van der Waals surface area (Å²) in [7, 11) is 0. The molecular formula is C6H11ClN2. The van der Waals surface area contributed by atoms with Crippen LogP contribution in [0.2, 0.25) is 0 Å². The highest BCUT2D eigenvalue weighted by Crippen LogP contribution is 1.88. The number of nitrogens with zero attached hydrogens (tertiary/aromatic N) is 2. The van der Waals surface area contributed by atoms with E-state index in [9.17, 15) is 0 Å². The molecule has 0 spiro atoms. The van der Waals surface area contributed by atoms with E-state index in [-0.39, 0.29) is 0 Å². The minimum absolute atomic E-state index is 0.535. The molecule has 0 aliphatic rings. The summed E-state index contributed by atoms with van der Waals surface area (Å²) < 4.78 is 0. The Kier molecular flexibility index (Phi) is 5.45.